The predicted octanol–water partition coefficient (Wildman–Crippen LogP) is 5.28. The second kappa shape index (κ2) is 8.22. The second-order valence-electron chi connectivity index (χ2n) is 8.28. The van der Waals surface area contributed by atoms with Crippen molar-refractivity contribution in [1.29, 1.82) is 0 Å². The third-order valence-corrected chi connectivity index (χ3v) is 6.14. The number of nitrogens with zero attached hydrogens (tertiary/aromatic N) is 4. The summed E-state index contributed by atoms with van der Waals surface area (Å²) in [5.74, 6) is 0.478. The summed E-state index contributed by atoms with van der Waals surface area (Å²) < 4.78 is 6.79. The van der Waals surface area contributed by atoms with Crippen LogP contribution in [0.15, 0.2) is 90.0 Å². The van der Waals surface area contributed by atoms with Crippen molar-refractivity contribution < 1.29 is 4.74 Å². The molecule has 0 bridgehead atoms. The number of hydrogen-bond donors (Lipinski definition) is 1. The summed E-state index contributed by atoms with van der Waals surface area (Å²) in [5, 5.41) is 5.77. The fourth-order valence-electron chi connectivity index (χ4n) is 4.51. The smallest absolute Gasteiger partial charge is 0.282 e. The number of aromatic amines is 1. The van der Waals surface area contributed by atoms with E-state index in [9.17, 15) is 4.79 Å². The third kappa shape index (κ3) is 3.45. The van der Waals surface area contributed by atoms with Gasteiger partial charge < -0.3 is 9.72 Å². The first-order valence-electron chi connectivity index (χ1n) is 11.2. The molecule has 170 valence electrons. The van der Waals surface area contributed by atoms with Gasteiger partial charge in [0.25, 0.3) is 5.56 Å². The van der Waals surface area contributed by atoms with Crippen molar-refractivity contribution in [2.75, 3.05) is 7.11 Å². The lowest BCUT2D eigenvalue weighted by molar-refractivity contribution is 0.398. The van der Waals surface area contributed by atoms with Crippen molar-refractivity contribution in [3.05, 3.63) is 101 Å². The normalized spacial score (nSPS) is 11.3. The molecule has 0 atom stereocenters. The number of aromatic nitrogens is 5. The Morgan fingerprint density at radius 2 is 1.69 bits per heavy atom. The molecule has 7 heteroatoms. The predicted molar refractivity (Wildman–Crippen MR) is 137 cm³/mol. The molecule has 4 aromatic heterocycles. The fourth-order valence-corrected chi connectivity index (χ4v) is 4.51. The summed E-state index contributed by atoms with van der Waals surface area (Å²) in [4.78, 5) is 25.9. The Hall–Kier alpha value is -4.78. The van der Waals surface area contributed by atoms with E-state index in [0.29, 0.717) is 22.8 Å². The Kier molecular flexibility index (Phi) is 4.88. The van der Waals surface area contributed by atoms with E-state index in [1.165, 1.54) is 4.52 Å². The average molecular weight is 460 g/mol. The standard InChI is InChI=1S/C28H21N5O2/c1-17-24(20-10-11-22-19(15-20)9-6-13-29-22)28(34)33-27(31-17)25(18-7-4-3-5-8-18)26(32-33)21-12-14-30-23(16-21)35-2/h3-16,31H,1-2H3. The van der Waals surface area contributed by atoms with E-state index in [-0.39, 0.29) is 5.56 Å². The number of hydrogen-bond acceptors (Lipinski definition) is 5. The first-order valence-corrected chi connectivity index (χ1v) is 11.2. The van der Waals surface area contributed by atoms with Gasteiger partial charge in [0.15, 0.2) is 0 Å². The van der Waals surface area contributed by atoms with Crippen LogP contribution in [0.1, 0.15) is 5.69 Å². The zero-order valence-corrected chi connectivity index (χ0v) is 19.2. The molecule has 0 saturated heterocycles. The van der Waals surface area contributed by atoms with Gasteiger partial charge >= 0.3 is 0 Å². The van der Waals surface area contributed by atoms with E-state index in [0.717, 1.165) is 38.9 Å². The number of methoxy groups -OCH3 is 1. The highest BCUT2D eigenvalue weighted by atomic mass is 16.5. The lowest BCUT2D eigenvalue weighted by atomic mass is 10.0. The minimum atomic E-state index is -0.191. The van der Waals surface area contributed by atoms with Gasteiger partial charge in [0, 0.05) is 35.1 Å². The van der Waals surface area contributed by atoms with Crippen LogP contribution in [0.5, 0.6) is 5.88 Å². The quantitative estimate of drug-likeness (QED) is 0.387. The highest BCUT2D eigenvalue weighted by molar-refractivity contribution is 5.91. The van der Waals surface area contributed by atoms with Crippen molar-refractivity contribution in [3.63, 3.8) is 0 Å². The summed E-state index contributed by atoms with van der Waals surface area (Å²) in [5.41, 5.74) is 6.75. The molecular weight excluding hydrogens is 438 g/mol. The van der Waals surface area contributed by atoms with Crippen LogP contribution in [0.4, 0.5) is 0 Å². The summed E-state index contributed by atoms with van der Waals surface area (Å²) in [6, 6.07) is 23.3. The largest absolute Gasteiger partial charge is 0.481 e. The van der Waals surface area contributed by atoms with E-state index >= 15 is 0 Å². The summed E-state index contributed by atoms with van der Waals surface area (Å²) >= 11 is 0. The van der Waals surface area contributed by atoms with Crippen LogP contribution in [0, 0.1) is 6.92 Å². The molecule has 35 heavy (non-hydrogen) atoms. The zero-order chi connectivity index (χ0) is 23.9. The molecule has 4 heterocycles. The SMILES string of the molecule is COc1cc(-c2nn3c(=O)c(-c4ccc5ncccc5c4)c(C)[nH]c3c2-c2ccccc2)ccn1. The minimum absolute atomic E-state index is 0.191. The molecule has 6 rings (SSSR count). The van der Waals surface area contributed by atoms with Gasteiger partial charge in [-0.15, -0.1) is 0 Å². The van der Waals surface area contributed by atoms with Gasteiger partial charge in [-0.1, -0.05) is 42.5 Å². The number of H-pyrrole nitrogens is 1. The maximum Gasteiger partial charge on any atom is 0.282 e. The average Bonchev–Trinajstić information content (AvgIpc) is 3.29. The Morgan fingerprint density at radius 3 is 2.51 bits per heavy atom. The molecule has 7 nitrogen and oxygen atoms in total. The maximum absolute atomic E-state index is 13.9. The van der Waals surface area contributed by atoms with Gasteiger partial charge in [0.05, 0.1) is 23.8 Å². The molecule has 0 aliphatic rings. The first kappa shape index (κ1) is 20.8. The van der Waals surface area contributed by atoms with Gasteiger partial charge in [0.1, 0.15) is 11.3 Å². The molecular formula is C28H21N5O2. The molecule has 0 amide bonds. The Balaban J connectivity index is 1.65. The number of nitrogens with one attached hydrogen (secondary N) is 1. The monoisotopic (exact) mass is 459 g/mol. The van der Waals surface area contributed by atoms with Gasteiger partial charge in [-0.25, -0.2) is 4.98 Å². The van der Waals surface area contributed by atoms with Crippen LogP contribution in [-0.4, -0.2) is 31.7 Å². The Bertz CT molecular complexity index is 1770. The molecule has 0 saturated carbocycles. The van der Waals surface area contributed by atoms with Gasteiger partial charge in [-0.05, 0) is 42.3 Å². The van der Waals surface area contributed by atoms with E-state index in [4.69, 9.17) is 9.84 Å². The summed E-state index contributed by atoms with van der Waals surface area (Å²) in [7, 11) is 1.58. The molecule has 0 radical (unpaired) electrons. The van der Waals surface area contributed by atoms with E-state index in [1.807, 2.05) is 79.7 Å². The lowest BCUT2D eigenvalue weighted by Gasteiger charge is -2.09. The first-order chi connectivity index (χ1) is 17.1. The molecule has 0 spiro atoms. The highest BCUT2D eigenvalue weighted by Crippen LogP contribution is 2.35. The number of fused-ring (bicyclic) bond motifs is 2. The van der Waals surface area contributed by atoms with Crippen LogP contribution >= 0.6 is 0 Å². The number of ether oxygens (including phenoxy) is 1. The molecule has 6 aromatic rings. The molecule has 0 aliphatic carbocycles. The van der Waals surface area contributed by atoms with Crippen LogP contribution in [0.3, 0.4) is 0 Å². The molecule has 0 unspecified atom stereocenters. The Morgan fingerprint density at radius 1 is 0.829 bits per heavy atom. The van der Waals surface area contributed by atoms with Crippen molar-refractivity contribution in [2.24, 2.45) is 0 Å². The number of rotatable bonds is 4. The highest BCUT2D eigenvalue weighted by Gasteiger charge is 2.22. The van der Waals surface area contributed by atoms with Crippen molar-refractivity contribution in [3.8, 4) is 39.4 Å². The molecule has 1 N–H and O–H groups in total. The summed E-state index contributed by atoms with van der Waals surface area (Å²) in [6.07, 6.45) is 3.44. The summed E-state index contributed by atoms with van der Waals surface area (Å²) in [6.45, 7) is 1.92. The van der Waals surface area contributed by atoms with Gasteiger partial charge in [-0.2, -0.15) is 9.61 Å². The number of aryl methyl sites for hydroxylation is 1. The third-order valence-electron chi connectivity index (χ3n) is 6.14. The van der Waals surface area contributed by atoms with Crippen molar-refractivity contribution in [2.45, 2.75) is 6.92 Å². The molecule has 0 fully saturated rings. The fraction of sp³-hybridized carbons (Fsp3) is 0.0714. The van der Waals surface area contributed by atoms with Crippen molar-refractivity contribution in [1.82, 2.24) is 24.6 Å². The van der Waals surface area contributed by atoms with Crippen LogP contribution in [0.25, 0.3) is 50.1 Å². The maximum atomic E-state index is 13.9. The Labute approximate surface area is 200 Å². The topological polar surface area (TPSA) is 85.2 Å². The number of pyridine rings is 2. The van der Waals surface area contributed by atoms with Crippen LogP contribution in [-0.2, 0) is 0 Å². The number of benzene rings is 2. The van der Waals surface area contributed by atoms with E-state index < -0.39 is 0 Å². The van der Waals surface area contributed by atoms with Gasteiger partial charge in [-0.3, -0.25) is 9.78 Å². The van der Waals surface area contributed by atoms with Gasteiger partial charge in [0.2, 0.25) is 5.88 Å². The lowest BCUT2D eigenvalue weighted by Crippen LogP contribution is -2.19. The van der Waals surface area contributed by atoms with E-state index in [1.54, 1.807) is 19.5 Å². The van der Waals surface area contributed by atoms with Crippen molar-refractivity contribution >= 4 is 16.6 Å². The van der Waals surface area contributed by atoms with Crippen LogP contribution < -0.4 is 10.3 Å². The molecule has 0 aliphatic heterocycles. The van der Waals surface area contributed by atoms with E-state index in [2.05, 4.69) is 15.0 Å². The van der Waals surface area contributed by atoms with Crippen LogP contribution in [0.2, 0.25) is 0 Å². The second-order valence-corrected chi connectivity index (χ2v) is 8.28. The molecule has 2 aromatic carbocycles. The zero-order valence-electron chi connectivity index (χ0n) is 19.2. The minimum Gasteiger partial charge on any atom is -0.481 e.